The summed E-state index contributed by atoms with van der Waals surface area (Å²) in [6, 6.07) is 14.0. The topological polar surface area (TPSA) is 107 Å². The molecule has 0 atom stereocenters. The largest absolute Gasteiger partial charge is 0.269 e. The predicted octanol–water partition coefficient (Wildman–Crippen LogP) is 3.29. The van der Waals surface area contributed by atoms with Gasteiger partial charge in [-0.2, -0.15) is 5.10 Å². The number of hydrogen-bond donors (Lipinski definition) is 1. The molecule has 0 unspecified atom stereocenters. The van der Waals surface area contributed by atoms with Crippen LogP contribution in [0.3, 0.4) is 0 Å². The number of nitro benzene ring substituents is 1. The van der Waals surface area contributed by atoms with Gasteiger partial charge in [-0.3, -0.25) is 19.5 Å². The Morgan fingerprint density at radius 3 is 2.38 bits per heavy atom. The number of benzene rings is 2. The fourth-order valence-corrected chi connectivity index (χ4v) is 3.52. The minimum Gasteiger partial charge on any atom is -0.265 e. The first-order chi connectivity index (χ1) is 12.3. The van der Waals surface area contributed by atoms with Gasteiger partial charge >= 0.3 is 0 Å². The molecule has 1 aromatic heterocycles. The van der Waals surface area contributed by atoms with Crippen LogP contribution < -0.4 is 4.72 Å². The van der Waals surface area contributed by atoms with Crippen molar-refractivity contribution in [3.05, 3.63) is 81.5 Å². The van der Waals surface area contributed by atoms with Gasteiger partial charge in [-0.1, -0.05) is 41.9 Å². The highest BCUT2D eigenvalue weighted by Gasteiger charge is 2.19. The molecule has 1 heterocycles. The highest BCUT2D eigenvalue weighted by molar-refractivity contribution is 7.92. The van der Waals surface area contributed by atoms with E-state index in [2.05, 4.69) is 9.82 Å². The molecular weight excluding hydrogens is 380 g/mol. The standard InChI is InChI=1S/C16H13ClN4O4S/c17-15-11-20(10-12-4-2-1-3-5-12)18-16(15)19-26(24,25)14-8-6-13(7-9-14)21(22)23/h1-9,11H,10H2,(H,18,19). The van der Waals surface area contributed by atoms with Crippen molar-refractivity contribution in [1.29, 1.82) is 0 Å². The monoisotopic (exact) mass is 392 g/mol. The second-order valence-corrected chi connectivity index (χ2v) is 7.45. The molecule has 0 amide bonds. The van der Waals surface area contributed by atoms with Crippen molar-refractivity contribution in [2.75, 3.05) is 4.72 Å². The number of sulfonamides is 1. The minimum atomic E-state index is -3.97. The molecule has 10 heteroatoms. The first kappa shape index (κ1) is 17.9. The number of halogens is 1. The molecule has 0 aliphatic carbocycles. The van der Waals surface area contributed by atoms with E-state index in [1.54, 1.807) is 0 Å². The number of hydrogen-bond acceptors (Lipinski definition) is 5. The van der Waals surface area contributed by atoms with Gasteiger partial charge in [0.1, 0.15) is 5.02 Å². The summed E-state index contributed by atoms with van der Waals surface area (Å²) in [6.45, 7) is 0.430. The molecule has 0 radical (unpaired) electrons. The third-order valence-corrected chi connectivity index (χ3v) is 5.12. The summed E-state index contributed by atoms with van der Waals surface area (Å²) in [5, 5.41) is 15.0. The molecule has 0 fully saturated rings. The van der Waals surface area contributed by atoms with E-state index in [1.165, 1.54) is 10.9 Å². The molecule has 8 nitrogen and oxygen atoms in total. The first-order valence-corrected chi connectivity index (χ1v) is 9.25. The van der Waals surface area contributed by atoms with E-state index in [9.17, 15) is 18.5 Å². The molecule has 26 heavy (non-hydrogen) atoms. The maximum atomic E-state index is 12.4. The summed E-state index contributed by atoms with van der Waals surface area (Å²) in [6.07, 6.45) is 1.52. The van der Waals surface area contributed by atoms with Crippen LogP contribution in [-0.2, 0) is 16.6 Å². The molecule has 2 aromatic carbocycles. The highest BCUT2D eigenvalue weighted by atomic mass is 35.5. The van der Waals surface area contributed by atoms with Crippen LogP contribution >= 0.6 is 11.6 Å². The summed E-state index contributed by atoms with van der Waals surface area (Å²) in [5.41, 5.74) is 0.783. The fraction of sp³-hybridized carbons (Fsp3) is 0.0625. The molecule has 0 spiro atoms. The zero-order valence-electron chi connectivity index (χ0n) is 13.2. The van der Waals surface area contributed by atoms with Crippen LogP contribution in [0.25, 0.3) is 0 Å². The lowest BCUT2D eigenvalue weighted by atomic mass is 10.2. The molecule has 0 saturated heterocycles. The van der Waals surface area contributed by atoms with Crippen LogP contribution in [0.5, 0.6) is 0 Å². The summed E-state index contributed by atoms with van der Waals surface area (Å²) in [5.74, 6) is -0.0130. The van der Waals surface area contributed by atoms with Gasteiger partial charge in [-0.05, 0) is 17.7 Å². The Labute approximate surface area is 154 Å². The third-order valence-electron chi connectivity index (χ3n) is 3.49. The summed E-state index contributed by atoms with van der Waals surface area (Å²) >= 11 is 6.07. The smallest absolute Gasteiger partial charge is 0.265 e. The van der Waals surface area contributed by atoms with Gasteiger partial charge in [-0.25, -0.2) is 8.42 Å². The van der Waals surface area contributed by atoms with Crippen LogP contribution in [0.15, 0.2) is 65.7 Å². The Hall–Kier alpha value is -2.91. The Bertz CT molecular complexity index is 1030. The van der Waals surface area contributed by atoms with Crippen molar-refractivity contribution in [2.45, 2.75) is 11.4 Å². The zero-order chi connectivity index (χ0) is 18.7. The van der Waals surface area contributed by atoms with Crippen molar-refractivity contribution in [1.82, 2.24) is 9.78 Å². The van der Waals surface area contributed by atoms with Crippen LogP contribution in [0, 0.1) is 10.1 Å². The van der Waals surface area contributed by atoms with Gasteiger partial charge in [0.2, 0.25) is 0 Å². The number of non-ortho nitro benzene ring substituents is 1. The Balaban J connectivity index is 1.80. The Morgan fingerprint density at radius 1 is 1.12 bits per heavy atom. The number of nitrogens with one attached hydrogen (secondary N) is 1. The number of anilines is 1. The van der Waals surface area contributed by atoms with Crippen LogP contribution in [0.2, 0.25) is 5.02 Å². The van der Waals surface area contributed by atoms with Gasteiger partial charge in [0.05, 0.1) is 16.4 Å². The number of nitro groups is 1. The number of rotatable bonds is 6. The number of nitrogens with zero attached hydrogens (tertiary/aromatic N) is 3. The van der Waals surface area contributed by atoms with E-state index >= 15 is 0 Å². The summed E-state index contributed by atoms with van der Waals surface area (Å²) in [7, 11) is -3.97. The lowest BCUT2D eigenvalue weighted by Gasteiger charge is -2.06. The Morgan fingerprint density at radius 2 is 1.77 bits per heavy atom. The maximum absolute atomic E-state index is 12.4. The average Bonchev–Trinajstić information content (AvgIpc) is 2.94. The van der Waals surface area contributed by atoms with Gasteiger partial charge in [-0.15, -0.1) is 0 Å². The molecule has 134 valence electrons. The van der Waals surface area contributed by atoms with E-state index in [1.807, 2.05) is 30.3 Å². The maximum Gasteiger partial charge on any atom is 0.269 e. The molecule has 3 aromatic rings. The van der Waals surface area contributed by atoms with Crippen LogP contribution in [0.1, 0.15) is 5.56 Å². The molecule has 0 aliphatic rings. The van der Waals surface area contributed by atoms with Gasteiger partial charge in [0, 0.05) is 18.3 Å². The molecule has 3 rings (SSSR count). The van der Waals surface area contributed by atoms with Gasteiger partial charge in [0.25, 0.3) is 15.7 Å². The SMILES string of the molecule is O=[N+]([O-])c1ccc(S(=O)(=O)Nc2nn(Cc3ccccc3)cc2Cl)cc1. The third kappa shape index (κ3) is 4.01. The molecule has 1 N–H and O–H groups in total. The van der Waals surface area contributed by atoms with Crippen LogP contribution in [0.4, 0.5) is 11.5 Å². The molecule has 0 bridgehead atoms. The summed E-state index contributed by atoms with van der Waals surface area (Å²) in [4.78, 5) is 9.93. The lowest BCUT2D eigenvalue weighted by Crippen LogP contribution is -2.14. The Kier molecular flexibility index (Phi) is 4.92. The van der Waals surface area contributed by atoms with E-state index in [0.29, 0.717) is 6.54 Å². The van der Waals surface area contributed by atoms with Crippen molar-refractivity contribution in [3.8, 4) is 0 Å². The van der Waals surface area contributed by atoms with Crippen molar-refractivity contribution in [2.24, 2.45) is 0 Å². The van der Waals surface area contributed by atoms with E-state index < -0.39 is 14.9 Å². The van der Waals surface area contributed by atoms with Gasteiger partial charge < -0.3 is 0 Å². The molecule has 0 aliphatic heterocycles. The van der Waals surface area contributed by atoms with Crippen LogP contribution in [-0.4, -0.2) is 23.1 Å². The lowest BCUT2D eigenvalue weighted by molar-refractivity contribution is -0.384. The summed E-state index contributed by atoms with van der Waals surface area (Å²) < 4.78 is 28.6. The van der Waals surface area contributed by atoms with E-state index in [0.717, 1.165) is 29.8 Å². The van der Waals surface area contributed by atoms with Crippen molar-refractivity contribution < 1.29 is 13.3 Å². The normalized spacial score (nSPS) is 11.3. The first-order valence-electron chi connectivity index (χ1n) is 7.39. The number of aromatic nitrogens is 2. The molecule has 0 saturated carbocycles. The van der Waals surface area contributed by atoms with Gasteiger partial charge in [0.15, 0.2) is 5.82 Å². The fourth-order valence-electron chi connectivity index (χ4n) is 2.25. The van der Waals surface area contributed by atoms with Crippen molar-refractivity contribution >= 4 is 33.1 Å². The highest BCUT2D eigenvalue weighted by Crippen LogP contribution is 2.24. The van der Waals surface area contributed by atoms with Crippen molar-refractivity contribution in [3.63, 3.8) is 0 Å². The predicted molar refractivity (Wildman–Crippen MR) is 96.7 cm³/mol. The quantitative estimate of drug-likeness (QED) is 0.511. The van der Waals surface area contributed by atoms with E-state index in [4.69, 9.17) is 11.6 Å². The average molecular weight is 393 g/mol. The zero-order valence-corrected chi connectivity index (χ0v) is 14.8. The second-order valence-electron chi connectivity index (χ2n) is 5.37. The molecular formula is C16H13ClN4O4S. The second kappa shape index (κ2) is 7.14. The van der Waals surface area contributed by atoms with E-state index in [-0.39, 0.29) is 21.4 Å². The minimum absolute atomic E-state index is 0.0130.